The molecule has 0 radical (unpaired) electrons. The number of halogens is 4. The fourth-order valence-corrected chi connectivity index (χ4v) is 3.87. The molecule has 2 N–H and O–H groups in total. The van der Waals surface area contributed by atoms with E-state index in [0.717, 1.165) is 10.4 Å². The maximum absolute atomic E-state index is 13.5. The average molecular weight is 545 g/mol. The predicted octanol–water partition coefficient (Wildman–Crippen LogP) is 3.17. The number of amides is 1. The summed E-state index contributed by atoms with van der Waals surface area (Å²) >= 11 is 6.30. The van der Waals surface area contributed by atoms with Gasteiger partial charge in [-0.25, -0.2) is 9.67 Å². The summed E-state index contributed by atoms with van der Waals surface area (Å²) in [5.74, 6) is -1.83. The lowest BCUT2D eigenvalue weighted by Gasteiger charge is -2.15. The highest BCUT2D eigenvalue weighted by atomic mass is 35.5. The molecule has 0 aliphatic carbocycles. The molecule has 1 aromatic carbocycles. The Morgan fingerprint density at radius 3 is 2.68 bits per heavy atom. The molecule has 0 bridgehead atoms. The molecule has 11 nitrogen and oxygen atoms in total. The molecule has 0 fully saturated rings. The first kappa shape index (κ1) is 26.7. The van der Waals surface area contributed by atoms with Crippen molar-refractivity contribution < 1.29 is 18.0 Å². The number of pyridine rings is 1. The molecule has 0 atom stereocenters. The number of nitrogens with one attached hydrogen (secondary N) is 2. The number of carbonyl (C=O) groups excluding carboxylic acids is 1. The SMILES string of the molecule is CNCCc1cc(C#N)cc(C)c1NC(=O)c1cc(Cn2nnc(C(F)(F)F)n2)nn1-c1ncccc1Cl. The topological polar surface area (TPSA) is 139 Å². The fraction of sp³-hybridized carbons (Fsp3) is 0.261. The van der Waals surface area contributed by atoms with Crippen molar-refractivity contribution in [2.75, 3.05) is 18.9 Å². The lowest BCUT2D eigenvalue weighted by Crippen LogP contribution is -2.20. The second-order valence-electron chi connectivity index (χ2n) is 8.13. The first-order chi connectivity index (χ1) is 18.1. The van der Waals surface area contributed by atoms with Crippen molar-refractivity contribution in [3.05, 3.63) is 75.5 Å². The van der Waals surface area contributed by atoms with E-state index in [1.54, 1.807) is 38.2 Å². The molecule has 0 spiro atoms. The highest BCUT2D eigenvalue weighted by molar-refractivity contribution is 6.32. The van der Waals surface area contributed by atoms with Crippen LogP contribution in [0.25, 0.3) is 5.82 Å². The van der Waals surface area contributed by atoms with Crippen LogP contribution in [0.4, 0.5) is 18.9 Å². The van der Waals surface area contributed by atoms with E-state index >= 15 is 0 Å². The molecule has 15 heteroatoms. The largest absolute Gasteiger partial charge is 0.455 e. The minimum Gasteiger partial charge on any atom is -0.320 e. The number of rotatable bonds is 8. The summed E-state index contributed by atoms with van der Waals surface area (Å²) in [4.78, 5) is 18.4. The molecule has 4 rings (SSSR count). The Bertz CT molecular complexity index is 1520. The van der Waals surface area contributed by atoms with Gasteiger partial charge in [-0.2, -0.15) is 28.3 Å². The molecule has 196 valence electrons. The number of likely N-dealkylation sites (N-methyl/N-ethyl adjacent to an activating group) is 1. The molecule has 3 heterocycles. The van der Waals surface area contributed by atoms with E-state index in [2.05, 4.69) is 42.2 Å². The van der Waals surface area contributed by atoms with Crippen LogP contribution in [-0.2, 0) is 19.1 Å². The number of benzene rings is 1. The van der Waals surface area contributed by atoms with Gasteiger partial charge in [0.15, 0.2) is 5.82 Å². The Hall–Kier alpha value is -4.35. The third kappa shape index (κ3) is 5.79. The zero-order valence-electron chi connectivity index (χ0n) is 20.1. The summed E-state index contributed by atoms with van der Waals surface area (Å²) in [6.45, 7) is 2.07. The molecule has 0 saturated carbocycles. The van der Waals surface area contributed by atoms with Gasteiger partial charge >= 0.3 is 6.18 Å². The lowest BCUT2D eigenvalue weighted by molar-refractivity contribution is -0.145. The van der Waals surface area contributed by atoms with Gasteiger partial charge in [-0.1, -0.05) is 11.6 Å². The Morgan fingerprint density at radius 1 is 1.24 bits per heavy atom. The number of nitrogens with zero attached hydrogens (tertiary/aromatic N) is 8. The second-order valence-corrected chi connectivity index (χ2v) is 8.54. The Labute approximate surface area is 219 Å². The smallest absolute Gasteiger partial charge is 0.320 e. The minimum absolute atomic E-state index is 0.0140. The van der Waals surface area contributed by atoms with Crippen LogP contribution >= 0.6 is 11.6 Å². The molecule has 0 unspecified atom stereocenters. The van der Waals surface area contributed by atoms with Crippen LogP contribution in [-0.4, -0.2) is 54.5 Å². The number of anilines is 1. The van der Waals surface area contributed by atoms with Gasteiger partial charge in [0.05, 0.1) is 22.3 Å². The van der Waals surface area contributed by atoms with E-state index in [-0.39, 0.29) is 28.8 Å². The summed E-state index contributed by atoms with van der Waals surface area (Å²) in [7, 11) is 1.79. The number of alkyl halides is 3. The van der Waals surface area contributed by atoms with Gasteiger partial charge in [-0.05, 0) is 73.6 Å². The zero-order chi connectivity index (χ0) is 27.4. The standard InChI is InChI=1S/C23H20ClF3N10O/c1-13-8-14(11-28)9-15(5-7-29-2)19(13)31-21(38)18-10-16(12-36-34-22(32-35-36)23(25,26)27)33-37(18)20-17(24)4-3-6-30-20/h3-4,6,8-10,29H,5,7,12H2,1-2H3,(H,31,38). The molecule has 3 aromatic heterocycles. The third-order valence-electron chi connectivity index (χ3n) is 5.37. The van der Waals surface area contributed by atoms with Crippen molar-refractivity contribution in [2.24, 2.45) is 0 Å². The average Bonchev–Trinajstić information content (AvgIpc) is 3.52. The van der Waals surface area contributed by atoms with Gasteiger partial charge in [0.1, 0.15) is 12.2 Å². The van der Waals surface area contributed by atoms with Crippen LogP contribution in [0.5, 0.6) is 0 Å². The number of tetrazole rings is 1. The maximum Gasteiger partial charge on any atom is 0.455 e. The maximum atomic E-state index is 13.5. The van der Waals surface area contributed by atoms with Gasteiger partial charge in [-0.15, -0.1) is 10.2 Å². The molecule has 0 saturated heterocycles. The van der Waals surface area contributed by atoms with E-state index in [4.69, 9.17) is 11.6 Å². The highest BCUT2D eigenvalue weighted by Crippen LogP contribution is 2.27. The number of aromatic nitrogens is 7. The molecule has 0 aliphatic rings. The van der Waals surface area contributed by atoms with Gasteiger partial charge < -0.3 is 10.6 Å². The predicted molar refractivity (Wildman–Crippen MR) is 130 cm³/mol. The molecular formula is C23H20ClF3N10O. The van der Waals surface area contributed by atoms with Crippen molar-refractivity contribution in [3.63, 3.8) is 0 Å². The van der Waals surface area contributed by atoms with E-state index < -0.39 is 17.9 Å². The molecule has 38 heavy (non-hydrogen) atoms. The van der Waals surface area contributed by atoms with E-state index in [0.29, 0.717) is 29.8 Å². The van der Waals surface area contributed by atoms with E-state index in [1.165, 1.54) is 16.9 Å². The normalized spacial score (nSPS) is 11.4. The number of hydrogen-bond acceptors (Lipinski definition) is 8. The van der Waals surface area contributed by atoms with Crippen LogP contribution in [0, 0.1) is 18.3 Å². The number of carbonyl (C=O) groups is 1. The lowest BCUT2D eigenvalue weighted by atomic mass is 10.0. The van der Waals surface area contributed by atoms with Crippen molar-refractivity contribution in [2.45, 2.75) is 26.1 Å². The molecular weight excluding hydrogens is 525 g/mol. The van der Waals surface area contributed by atoms with Crippen molar-refractivity contribution in [1.29, 1.82) is 5.26 Å². The summed E-state index contributed by atoms with van der Waals surface area (Å²) < 4.78 is 39.8. The summed E-state index contributed by atoms with van der Waals surface area (Å²) in [5, 5.41) is 29.6. The summed E-state index contributed by atoms with van der Waals surface area (Å²) in [5.41, 5.74) is 2.58. The third-order valence-corrected chi connectivity index (χ3v) is 5.67. The number of hydrogen-bond donors (Lipinski definition) is 2. The summed E-state index contributed by atoms with van der Waals surface area (Å²) in [6.07, 6.45) is -2.76. The Morgan fingerprint density at radius 2 is 2.03 bits per heavy atom. The Kier molecular flexibility index (Phi) is 7.70. The van der Waals surface area contributed by atoms with Crippen LogP contribution < -0.4 is 10.6 Å². The zero-order valence-corrected chi connectivity index (χ0v) is 20.8. The van der Waals surface area contributed by atoms with Crippen molar-refractivity contribution in [1.82, 2.24) is 40.3 Å². The first-order valence-electron chi connectivity index (χ1n) is 11.1. The molecule has 0 aliphatic heterocycles. The van der Waals surface area contributed by atoms with Crippen LogP contribution in [0.15, 0.2) is 36.5 Å². The van der Waals surface area contributed by atoms with E-state index in [9.17, 15) is 23.2 Å². The van der Waals surface area contributed by atoms with Crippen molar-refractivity contribution in [3.8, 4) is 11.9 Å². The second kappa shape index (κ2) is 11.0. The van der Waals surface area contributed by atoms with Crippen LogP contribution in [0.2, 0.25) is 5.02 Å². The van der Waals surface area contributed by atoms with Gasteiger partial charge in [0.2, 0.25) is 0 Å². The minimum atomic E-state index is -4.76. The fourth-order valence-electron chi connectivity index (χ4n) is 3.67. The first-order valence-corrected chi connectivity index (χ1v) is 11.5. The molecule has 4 aromatic rings. The quantitative estimate of drug-likeness (QED) is 0.345. The number of aryl methyl sites for hydroxylation is 1. The summed E-state index contributed by atoms with van der Waals surface area (Å²) in [6, 6.07) is 10.0. The highest BCUT2D eigenvalue weighted by Gasteiger charge is 2.37. The van der Waals surface area contributed by atoms with Crippen LogP contribution in [0.1, 0.15) is 38.7 Å². The Balaban J connectivity index is 1.73. The van der Waals surface area contributed by atoms with Crippen molar-refractivity contribution >= 4 is 23.2 Å². The van der Waals surface area contributed by atoms with Gasteiger partial charge in [-0.3, -0.25) is 4.79 Å². The van der Waals surface area contributed by atoms with Gasteiger partial charge in [0, 0.05) is 11.9 Å². The van der Waals surface area contributed by atoms with Gasteiger partial charge in [0.25, 0.3) is 11.7 Å². The molecule has 1 amide bonds. The monoisotopic (exact) mass is 544 g/mol. The van der Waals surface area contributed by atoms with Crippen LogP contribution in [0.3, 0.4) is 0 Å². The number of nitriles is 1. The van der Waals surface area contributed by atoms with E-state index in [1.807, 2.05) is 0 Å².